The van der Waals surface area contributed by atoms with E-state index in [1.165, 1.54) is 6.07 Å². The largest absolute Gasteiger partial charge is 0.490 e. The van der Waals surface area contributed by atoms with Crippen LogP contribution in [0.25, 0.3) is 0 Å². The molecule has 0 saturated carbocycles. The molecule has 1 atom stereocenters. The summed E-state index contributed by atoms with van der Waals surface area (Å²) in [6.07, 6.45) is 0.740. The SMILES string of the molecule is CCNC1CCOc2c(F)cc(F)cc21. The first-order valence-corrected chi connectivity index (χ1v) is 5.07. The van der Waals surface area contributed by atoms with Gasteiger partial charge in [-0.15, -0.1) is 0 Å². The number of rotatable bonds is 2. The van der Waals surface area contributed by atoms with Crippen molar-refractivity contribution < 1.29 is 13.5 Å². The molecule has 82 valence electrons. The Morgan fingerprint density at radius 3 is 3.00 bits per heavy atom. The molecule has 0 saturated heterocycles. The molecule has 1 heterocycles. The Bertz CT molecular complexity index is 368. The minimum Gasteiger partial charge on any atom is -0.490 e. The van der Waals surface area contributed by atoms with Gasteiger partial charge in [-0.2, -0.15) is 0 Å². The molecule has 0 fully saturated rings. The van der Waals surface area contributed by atoms with Crippen LogP contribution in [0.2, 0.25) is 0 Å². The molecule has 2 rings (SSSR count). The summed E-state index contributed by atoms with van der Waals surface area (Å²) in [6, 6.07) is 2.18. The van der Waals surface area contributed by atoms with Crippen molar-refractivity contribution >= 4 is 0 Å². The lowest BCUT2D eigenvalue weighted by atomic mass is 10.00. The lowest BCUT2D eigenvalue weighted by molar-refractivity contribution is 0.241. The smallest absolute Gasteiger partial charge is 0.168 e. The van der Waals surface area contributed by atoms with Crippen molar-refractivity contribution in [3.8, 4) is 5.75 Å². The first-order chi connectivity index (χ1) is 7.22. The number of halogens is 2. The van der Waals surface area contributed by atoms with Crippen molar-refractivity contribution in [2.75, 3.05) is 13.2 Å². The van der Waals surface area contributed by atoms with Crippen molar-refractivity contribution in [3.63, 3.8) is 0 Å². The first-order valence-electron chi connectivity index (χ1n) is 5.07. The predicted octanol–water partition coefficient (Wildman–Crippen LogP) is 2.40. The number of hydrogen-bond acceptors (Lipinski definition) is 2. The summed E-state index contributed by atoms with van der Waals surface area (Å²) in [5.74, 6) is -0.985. The molecule has 15 heavy (non-hydrogen) atoms. The van der Waals surface area contributed by atoms with Crippen LogP contribution >= 0.6 is 0 Å². The van der Waals surface area contributed by atoms with Crippen molar-refractivity contribution in [1.82, 2.24) is 5.32 Å². The molecule has 1 N–H and O–H groups in total. The number of fused-ring (bicyclic) bond motifs is 1. The molecule has 1 unspecified atom stereocenters. The van der Waals surface area contributed by atoms with E-state index in [9.17, 15) is 8.78 Å². The molecule has 0 aromatic heterocycles. The van der Waals surface area contributed by atoms with E-state index in [0.29, 0.717) is 12.2 Å². The van der Waals surface area contributed by atoms with Crippen LogP contribution in [0.1, 0.15) is 24.9 Å². The second kappa shape index (κ2) is 4.14. The van der Waals surface area contributed by atoms with Crippen molar-refractivity contribution in [2.24, 2.45) is 0 Å². The summed E-state index contributed by atoms with van der Waals surface area (Å²) in [5, 5.41) is 3.18. The monoisotopic (exact) mass is 213 g/mol. The highest BCUT2D eigenvalue weighted by Crippen LogP contribution is 2.34. The zero-order valence-electron chi connectivity index (χ0n) is 8.52. The van der Waals surface area contributed by atoms with Crippen LogP contribution < -0.4 is 10.1 Å². The molecule has 1 aromatic carbocycles. The number of hydrogen-bond donors (Lipinski definition) is 1. The van der Waals surface area contributed by atoms with Crippen LogP contribution in [0.4, 0.5) is 8.78 Å². The van der Waals surface area contributed by atoms with Gasteiger partial charge in [0.25, 0.3) is 0 Å². The molecule has 0 radical (unpaired) electrons. The highest BCUT2D eigenvalue weighted by atomic mass is 19.1. The Balaban J connectivity index is 2.41. The minimum atomic E-state index is -0.618. The maximum Gasteiger partial charge on any atom is 0.168 e. The Labute approximate surface area is 87.2 Å². The molecular formula is C11H13F2NO. The molecule has 1 aliphatic heterocycles. The summed E-state index contributed by atoms with van der Waals surface area (Å²) in [7, 11) is 0. The van der Waals surface area contributed by atoms with Gasteiger partial charge >= 0.3 is 0 Å². The van der Waals surface area contributed by atoms with Gasteiger partial charge in [-0.1, -0.05) is 6.92 Å². The summed E-state index contributed by atoms with van der Waals surface area (Å²) < 4.78 is 31.6. The van der Waals surface area contributed by atoms with E-state index < -0.39 is 11.6 Å². The van der Waals surface area contributed by atoms with Crippen LogP contribution in [-0.4, -0.2) is 13.2 Å². The van der Waals surface area contributed by atoms with Crippen LogP contribution in [0.3, 0.4) is 0 Å². The fourth-order valence-corrected chi connectivity index (χ4v) is 1.88. The van der Waals surface area contributed by atoms with Gasteiger partial charge in [-0.25, -0.2) is 8.78 Å². The summed E-state index contributed by atoms with van der Waals surface area (Å²) in [5.41, 5.74) is 0.584. The van der Waals surface area contributed by atoms with Gasteiger partial charge in [0, 0.05) is 24.1 Å². The third-order valence-corrected chi connectivity index (χ3v) is 2.52. The number of benzene rings is 1. The molecule has 4 heteroatoms. The van der Waals surface area contributed by atoms with Gasteiger partial charge in [0.1, 0.15) is 5.82 Å². The average Bonchev–Trinajstić information content (AvgIpc) is 2.19. The topological polar surface area (TPSA) is 21.3 Å². The van der Waals surface area contributed by atoms with Crippen molar-refractivity contribution in [2.45, 2.75) is 19.4 Å². The van der Waals surface area contributed by atoms with E-state index in [0.717, 1.165) is 19.0 Å². The quantitative estimate of drug-likeness (QED) is 0.814. The fraction of sp³-hybridized carbons (Fsp3) is 0.455. The van der Waals surface area contributed by atoms with Crippen molar-refractivity contribution in [3.05, 3.63) is 29.3 Å². The Hall–Kier alpha value is -1.16. The second-order valence-electron chi connectivity index (χ2n) is 3.55. The maximum atomic E-state index is 13.4. The number of ether oxygens (including phenoxy) is 1. The molecule has 0 amide bonds. The van der Waals surface area contributed by atoms with Crippen LogP contribution in [0, 0.1) is 11.6 Å². The third-order valence-electron chi connectivity index (χ3n) is 2.52. The molecule has 2 nitrogen and oxygen atoms in total. The lowest BCUT2D eigenvalue weighted by Gasteiger charge is -2.26. The molecule has 0 spiro atoms. The van der Waals surface area contributed by atoms with Gasteiger partial charge < -0.3 is 10.1 Å². The van der Waals surface area contributed by atoms with E-state index in [1.807, 2.05) is 6.92 Å². The van der Waals surface area contributed by atoms with Crippen molar-refractivity contribution in [1.29, 1.82) is 0 Å². The van der Waals surface area contributed by atoms with Gasteiger partial charge in [0.15, 0.2) is 11.6 Å². The summed E-state index contributed by atoms with van der Waals surface area (Å²) >= 11 is 0. The lowest BCUT2D eigenvalue weighted by Crippen LogP contribution is -2.27. The van der Waals surface area contributed by atoms with Crippen LogP contribution in [0.5, 0.6) is 5.75 Å². The standard InChI is InChI=1S/C11H13F2NO/c1-2-14-10-3-4-15-11-8(10)5-7(12)6-9(11)13/h5-6,10,14H,2-4H2,1H3. The molecule has 0 aliphatic carbocycles. The Kier molecular flexibility index (Phi) is 2.86. The predicted molar refractivity (Wildman–Crippen MR) is 52.9 cm³/mol. The van der Waals surface area contributed by atoms with Gasteiger partial charge in [0.05, 0.1) is 6.61 Å². The minimum absolute atomic E-state index is 0.0102. The van der Waals surface area contributed by atoms with Gasteiger partial charge in [-0.3, -0.25) is 0 Å². The molecule has 1 aromatic rings. The fourth-order valence-electron chi connectivity index (χ4n) is 1.88. The third kappa shape index (κ3) is 1.95. The first kappa shape index (κ1) is 10.4. The highest BCUT2D eigenvalue weighted by Gasteiger charge is 2.24. The van der Waals surface area contributed by atoms with E-state index in [-0.39, 0.29) is 11.8 Å². The maximum absolute atomic E-state index is 13.4. The van der Waals surface area contributed by atoms with E-state index in [1.54, 1.807) is 0 Å². The zero-order chi connectivity index (χ0) is 10.8. The van der Waals surface area contributed by atoms with E-state index in [2.05, 4.69) is 5.32 Å². The molecule has 1 aliphatic rings. The normalized spacial score (nSPS) is 19.5. The average molecular weight is 213 g/mol. The highest BCUT2D eigenvalue weighted by molar-refractivity contribution is 5.39. The van der Waals surface area contributed by atoms with E-state index >= 15 is 0 Å². The Morgan fingerprint density at radius 1 is 1.47 bits per heavy atom. The Morgan fingerprint density at radius 2 is 2.27 bits per heavy atom. The molecular weight excluding hydrogens is 200 g/mol. The summed E-state index contributed by atoms with van der Waals surface area (Å²) in [6.45, 7) is 3.19. The van der Waals surface area contributed by atoms with E-state index in [4.69, 9.17) is 4.74 Å². The zero-order valence-corrected chi connectivity index (χ0v) is 8.52. The molecule has 0 bridgehead atoms. The van der Waals surface area contributed by atoms with Crippen LogP contribution in [0.15, 0.2) is 12.1 Å². The van der Waals surface area contributed by atoms with Crippen LogP contribution in [-0.2, 0) is 0 Å². The second-order valence-corrected chi connectivity index (χ2v) is 3.55. The van der Waals surface area contributed by atoms with Gasteiger partial charge in [0.2, 0.25) is 0 Å². The van der Waals surface area contributed by atoms with Gasteiger partial charge in [-0.05, 0) is 12.6 Å². The summed E-state index contributed by atoms with van der Waals surface area (Å²) in [4.78, 5) is 0. The number of nitrogens with one attached hydrogen (secondary N) is 1.